The van der Waals surface area contributed by atoms with E-state index in [0.717, 1.165) is 21.3 Å². The predicted octanol–water partition coefficient (Wildman–Crippen LogP) is 6.00. The van der Waals surface area contributed by atoms with E-state index < -0.39 is 6.04 Å². The van der Waals surface area contributed by atoms with Crippen LogP contribution < -0.4 is 9.80 Å². The SMILES string of the molecule is Cc1ccccc1N1CC(=O)N(c2ccc(Br)cc2)C(c2ccc(C(C)C)cc2)C1=O. The fourth-order valence-electron chi connectivity index (χ4n) is 4.01. The standard InChI is InChI=1S/C26H25BrN2O2/c1-17(2)19-8-10-20(11-9-19)25-26(31)28(23-7-5-4-6-18(23)3)16-24(30)29(25)22-14-12-21(27)13-15-22/h4-15,17,25H,16H2,1-3H3. The van der Waals surface area contributed by atoms with Gasteiger partial charge in [0.2, 0.25) is 5.91 Å². The molecule has 1 aliphatic heterocycles. The molecule has 0 spiro atoms. The van der Waals surface area contributed by atoms with Crippen molar-refractivity contribution in [2.75, 3.05) is 16.3 Å². The smallest absolute Gasteiger partial charge is 0.255 e. The minimum atomic E-state index is -0.719. The van der Waals surface area contributed by atoms with Gasteiger partial charge in [0.05, 0.1) is 0 Å². The molecule has 3 aromatic rings. The van der Waals surface area contributed by atoms with Crippen LogP contribution in [0.3, 0.4) is 0 Å². The summed E-state index contributed by atoms with van der Waals surface area (Å²) in [6.07, 6.45) is 0. The Balaban J connectivity index is 1.81. The maximum atomic E-state index is 13.8. The van der Waals surface area contributed by atoms with Gasteiger partial charge in [-0.3, -0.25) is 14.5 Å². The van der Waals surface area contributed by atoms with Crippen LogP contribution in [0, 0.1) is 6.92 Å². The molecule has 31 heavy (non-hydrogen) atoms. The summed E-state index contributed by atoms with van der Waals surface area (Å²) in [7, 11) is 0. The summed E-state index contributed by atoms with van der Waals surface area (Å²) in [5, 5.41) is 0. The first-order valence-corrected chi connectivity index (χ1v) is 11.2. The van der Waals surface area contributed by atoms with E-state index >= 15 is 0 Å². The van der Waals surface area contributed by atoms with Crippen LogP contribution in [-0.2, 0) is 9.59 Å². The molecule has 1 aliphatic rings. The minimum Gasteiger partial charge on any atom is -0.301 e. The van der Waals surface area contributed by atoms with E-state index in [1.54, 1.807) is 9.80 Å². The van der Waals surface area contributed by atoms with Gasteiger partial charge < -0.3 is 4.90 Å². The molecule has 1 fully saturated rings. The summed E-state index contributed by atoms with van der Waals surface area (Å²) < 4.78 is 0.923. The number of benzene rings is 3. The number of hydrogen-bond donors (Lipinski definition) is 0. The molecule has 3 aromatic carbocycles. The number of piperazine rings is 1. The summed E-state index contributed by atoms with van der Waals surface area (Å²) in [6, 6.07) is 22.5. The highest BCUT2D eigenvalue weighted by molar-refractivity contribution is 9.10. The number of nitrogens with zero attached hydrogens (tertiary/aromatic N) is 2. The highest BCUT2D eigenvalue weighted by atomic mass is 79.9. The van der Waals surface area contributed by atoms with Crippen molar-refractivity contribution in [3.8, 4) is 0 Å². The number of rotatable bonds is 4. The quantitative estimate of drug-likeness (QED) is 0.462. The second-order valence-corrected chi connectivity index (χ2v) is 9.09. The molecule has 0 aliphatic carbocycles. The zero-order valence-electron chi connectivity index (χ0n) is 17.9. The monoisotopic (exact) mass is 476 g/mol. The van der Waals surface area contributed by atoms with E-state index in [4.69, 9.17) is 0 Å². The van der Waals surface area contributed by atoms with Crippen molar-refractivity contribution >= 4 is 39.1 Å². The third-order valence-electron chi connectivity index (χ3n) is 5.75. The average molecular weight is 477 g/mol. The first kappa shape index (κ1) is 21.3. The summed E-state index contributed by atoms with van der Waals surface area (Å²) in [5.41, 5.74) is 4.46. The van der Waals surface area contributed by atoms with Crippen molar-refractivity contribution in [3.05, 3.63) is 94.0 Å². The lowest BCUT2D eigenvalue weighted by Gasteiger charge is -2.41. The summed E-state index contributed by atoms with van der Waals surface area (Å²) in [4.78, 5) is 30.5. The van der Waals surface area contributed by atoms with Crippen LogP contribution in [0.2, 0.25) is 0 Å². The number of aryl methyl sites for hydroxylation is 1. The summed E-state index contributed by atoms with van der Waals surface area (Å²) >= 11 is 3.45. The van der Waals surface area contributed by atoms with Gasteiger partial charge >= 0.3 is 0 Å². The van der Waals surface area contributed by atoms with Gasteiger partial charge in [0, 0.05) is 15.8 Å². The normalized spacial score (nSPS) is 16.9. The molecule has 0 saturated carbocycles. The summed E-state index contributed by atoms with van der Waals surface area (Å²) in [5.74, 6) is 0.181. The minimum absolute atomic E-state index is 0.0142. The molecule has 0 bridgehead atoms. The Morgan fingerprint density at radius 2 is 1.55 bits per heavy atom. The second kappa shape index (κ2) is 8.67. The topological polar surface area (TPSA) is 40.6 Å². The Kier molecular flexibility index (Phi) is 5.96. The van der Waals surface area contributed by atoms with Crippen molar-refractivity contribution in [3.63, 3.8) is 0 Å². The van der Waals surface area contributed by atoms with Gasteiger partial charge in [-0.05, 0) is 59.9 Å². The van der Waals surface area contributed by atoms with E-state index in [1.807, 2.05) is 79.7 Å². The van der Waals surface area contributed by atoms with Crippen LogP contribution in [0.4, 0.5) is 11.4 Å². The molecule has 4 nitrogen and oxygen atoms in total. The molecule has 1 heterocycles. The van der Waals surface area contributed by atoms with Gasteiger partial charge in [0.15, 0.2) is 0 Å². The van der Waals surface area contributed by atoms with Crippen LogP contribution in [-0.4, -0.2) is 18.4 Å². The molecule has 2 amide bonds. The molecule has 1 unspecified atom stereocenters. The molecular formula is C26H25BrN2O2. The van der Waals surface area contributed by atoms with E-state index in [-0.39, 0.29) is 18.4 Å². The van der Waals surface area contributed by atoms with Gasteiger partial charge in [-0.1, -0.05) is 72.2 Å². The first-order chi connectivity index (χ1) is 14.9. The number of hydrogen-bond acceptors (Lipinski definition) is 2. The molecule has 158 valence electrons. The lowest BCUT2D eigenvalue weighted by atomic mass is 9.95. The van der Waals surface area contributed by atoms with Crippen molar-refractivity contribution in [2.45, 2.75) is 32.7 Å². The maximum Gasteiger partial charge on any atom is 0.255 e. The summed E-state index contributed by atoms with van der Waals surface area (Å²) in [6.45, 7) is 6.25. The number of carbonyl (C=O) groups excluding carboxylic acids is 2. The Bertz CT molecular complexity index is 1110. The number of anilines is 2. The lowest BCUT2D eigenvalue weighted by Crippen LogP contribution is -2.56. The third kappa shape index (κ3) is 4.15. The van der Waals surface area contributed by atoms with Crippen molar-refractivity contribution in [2.24, 2.45) is 0 Å². The van der Waals surface area contributed by atoms with E-state index in [1.165, 1.54) is 5.56 Å². The van der Waals surface area contributed by atoms with Crippen LogP contribution in [0.5, 0.6) is 0 Å². The van der Waals surface area contributed by atoms with Gasteiger partial charge in [0.1, 0.15) is 12.6 Å². The second-order valence-electron chi connectivity index (χ2n) is 8.17. The molecule has 1 saturated heterocycles. The fraction of sp³-hybridized carbons (Fsp3) is 0.231. The molecular weight excluding hydrogens is 452 g/mol. The van der Waals surface area contributed by atoms with Crippen LogP contribution in [0.25, 0.3) is 0 Å². The molecule has 0 radical (unpaired) electrons. The maximum absolute atomic E-state index is 13.8. The zero-order chi connectivity index (χ0) is 22.1. The molecule has 0 aromatic heterocycles. The van der Waals surface area contributed by atoms with Crippen molar-refractivity contribution < 1.29 is 9.59 Å². The predicted molar refractivity (Wildman–Crippen MR) is 128 cm³/mol. The van der Waals surface area contributed by atoms with Crippen molar-refractivity contribution in [1.29, 1.82) is 0 Å². The van der Waals surface area contributed by atoms with Gasteiger partial charge in [-0.15, -0.1) is 0 Å². The van der Waals surface area contributed by atoms with Gasteiger partial charge in [-0.2, -0.15) is 0 Å². The largest absolute Gasteiger partial charge is 0.301 e. The molecule has 0 N–H and O–H groups in total. The fourth-order valence-corrected chi connectivity index (χ4v) is 4.28. The Morgan fingerprint density at radius 3 is 2.16 bits per heavy atom. The zero-order valence-corrected chi connectivity index (χ0v) is 19.5. The first-order valence-electron chi connectivity index (χ1n) is 10.4. The third-order valence-corrected chi connectivity index (χ3v) is 6.28. The number of amides is 2. The Hall–Kier alpha value is -2.92. The molecule has 5 heteroatoms. The lowest BCUT2D eigenvalue weighted by molar-refractivity contribution is -0.128. The van der Waals surface area contributed by atoms with Crippen LogP contribution in [0.1, 0.15) is 42.5 Å². The van der Waals surface area contributed by atoms with Gasteiger partial charge in [0.25, 0.3) is 5.91 Å². The number of halogens is 1. The van der Waals surface area contributed by atoms with Gasteiger partial charge in [-0.25, -0.2) is 0 Å². The highest BCUT2D eigenvalue weighted by Crippen LogP contribution is 2.36. The van der Waals surface area contributed by atoms with E-state index in [2.05, 4.69) is 29.8 Å². The van der Waals surface area contributed by atoms with E-state index in [9.17, 15) is 9.59 Å². The number of carbonyl (C=O) groups is 2. The van der Waals surface area contributed by atoms with E-state index in [0.29, 0.717) is 11.6 Å². The highest BCUT2D eigenvalue weighted by Gasteiger charge is 2.42. The Labute approximate surface area is 191 Å². The molecule has 1 atom stereocenters. The van der Waals surface area contributed by atoms with Crippen molar-refractivity contribution in [1.82, 2.24) is 0 Å². The van der Waals surface area contributed by atoms with Crippen LogP contribution >= 0.6 is 15.9 Å². The average Bonchev–Trinajstić information content (AvgIpc) is 2.76. The number of para-hydroxylation sites is 1. The van der Waals surface area contributed by atoms with Crippen LogP contribution in [0.15, 0.2) is 77.3 Å². The Morgan fingerprint density at radius 1 is 0.903 bits per heavy atom. The molecule has 4 rings (SSSR count).